The summed E-state index contributed by atoms with van der Waals surface area (Å²) in [6.07, 6.45) is 1.56. The van der Waals surface area contributed by atoms with Gasteiger partial charge in [-0.1, -0.05) is 22.0 Å². The number of rotatable bonds is 2. The van der Waals surface area contributed by atoms with Gasteiger partial charge < -0.3 is 5.73 Å². The number of pyridine rings is 1. The number of nitrogens with two attached hydrogens (primary N) is 1. The van der Waals surface area contributed by atoms with Gasteiger partial charge in [0.15, 0.2) is 0 Å². The minimum atomic E-state index is -0.362. The summed E-state index contributed by atoms with van der Waals surface area (Å²) >= 11 is 3.30. The minimum Gasteiger partial charge on any atom is -0.326 e. The molecule has 2 amide bonds. The molecule has 1 aromatic carbocycles. The molecule has 2 heterocycles. The van der Waals surface area contributed by atoms with Gasteiger partial charge in [0.1, 0.15) is 5.82 Å². The zero-order chi connectivity index (χ0) is 14.3. The molecule has 6 heteroatoms. The van der Waals surface area contributed by atoms with Crippen LogP contribution in [0.2, 0.25) is 0 Å². The van der Waals surface area contributed by atoms with E-state index in [1.807, 2.05) is 0 Å². The number of aromatic nitrogens is 1. The number of anilines is 1. The highest BCUT2D eigenvalue weighted by Gasteiger charge is 2.37. The Morgan fingerprint density at radius 1 is 1.10 bits per heavy atom. The quantitative estimate of drug-likeness (QED) is 0.855. The summed E-state index contributed by atoms with van der Waals surface area (Å²) in [6.45, 7) is 0.363. The molecule has 0 saturated heterocycles. The topological polar surface area (TPSA) is 76.3 Å². The average molecular weight is 332 g/mol. The van der Waals surface area contributed by atoms with Crippen LogP contribution in [-0.2, 0) is 6.54 Å². The van der Waals surface area contributed by atoms with E-state index in [1.165, 1.54) is 0 Å². The summed E-state index contributed by atoms with van der Waals surface area (Å²) in [5.41, 5.74) is 7.12. The maximum atomic E-state index is 12.3. The van der Waals surface area contributed by atoms with Crippen molar-refractivity contribution in [1.82, 2.24) is 4.98 Å². The molecule has 1 aromatic heterocycles. The van der Waals surface area contributed by atoms with Crippen molar-refractivity contribution in [2.75, 3.05) is 4.90 Å². The third-order valence-corrected chi connectivity index (χ3v) is 3.62. The highest BCUT2D eigenvalue weighted by atomic mass is 79.9. The number of hydrogen-bond donors (Lipinski definition) is 1. The molecule has 3 rings (SSSR count). The van der Waals surface area contributed by atoms with E-state index in [-0.39, 0.29) is 11.8 Å². The maximum absolute atomic E-state index is 12.3. The van der Waals surface area contributed by atoms with Crippen LogP contribution in [0.5, 0.6) is 0 Å². The van der Waals surface area contributed by atoms with Crippen LogP contribution in [0.4, 0.5) is 5.82 Å². The number of halogens is 1. The number of hydrogen-bond acceptors (Lipinski definition) is 4. The van der Waals surface area contributed by atoms with Crippen LogP contribution in [0.15, 0.2) is 41.0 Å². The van der Waals surface area contributed by atoms with Crippen LogP contribution in [0, 0.1) is 0 Å². The predicted octanol–water partition coefficient (Wildman–Crippen LogP) is 2.10. The van der Waals surface area contributed by atoms with Crippen LogP contribution in [0.25, 0.3) is 0 Å². The van der Waals surface area contributed by atoms with Gasteiger partial charge >= 0.3 is 0 Å². The third kappa shape index (κ3) is 1.93. The lowest BCUT2D eigenvalue weighted by Gasteiger charge is -2.12. The molecule has 100 valence electrons. The molecule has 0 saturated carbocycles. The lowest BCUT2D eigenvalue weighted by atomic mass is 10.1. The first kappa shape index (κ1) is 13.0. The van der Waals surface area contributed by atoms with Crippen LogP contribution in [0.3, 0.4) is 0 Å². The van der Waals surface area contributed by atoms with Crippen LogP contribution in [0.1, 0.15) is 26.3 Å². The molecule has 0 fully saturated rings. The van der Waals surface area contributed by atoms with E-state index in [1.54, 1.807) is 36.5 Å². The molecular weight excluding hydrogens is 322 g/mol. The second-order valence-corrected chi connectivity index (χ2v) is 5.28. The van der Waals surface area contributed by atoms with Gasteiger partial charge in [-0.05, 0) is 29.8 Å². The second kappa shape index (κ2) is 4.81. The number of fused-ring (bicyclic) bond motifs is 1. The lowest BCUT2D eigenvalue weighted by Crippen LogP contribution is -2.30. The highest BCUT2D eigenvalue weighted by Crippen LogP contribution is 2.29. The SMILES string of the molecule is NCc1ccc(N2C(=O)c3ccc(Br)cc3C2=O)nc1. The van der Waals surface area contributed by atoms with E-state index >= 15 is 0 Å². The Kier molecular flexibility index (Phi) is 3.11. The molecule has 1 aliphatic heterocycles. The van der Waals surface area contributed by atoms with Crippen molar-refractivity contribution in [2.45, 2.75) is 6.54 Å². The van der Waals surface area contributed by atoms with Gasteiger partial charge in [-0.15, -0.1) is 0 Å². The first-order chi connectivity index (χ1) is 9.61. The molecule has 0 atom stereocenters. The van der Waals surface area contributed by atoms with E-state index < -0.39 is 0 Å². The van der Waals surface area contributed by atoms with Crippen molar-refractivity contribution in [2.24, 2.45) is 5.73 Å². The molecule has 2 N–H and O–H groups in total. The Labute approximate surface area is 123 Å². The van der Waals surface area contributed by atoms with E-state index in [0.29, 0.717) is 23.5 Å². The summed E-state index contributed by atoms with van der Waals surface area (Å²) in [4.78, 5) is 29.8. The Bertz CT molecular complexity index is 713. The zero-order valence-corrected chi connectivity index (χ0v) is 11.9. The fourth-order valence-electron chi connectivity index (χ4n) is 2.09. The van der Waals surface area contributed by atoms with E-state index in [4.69, 9.17) is 5.73 Å². The molecule has 20 heavy (non-hydrogen) atoms. The smallest absolute Gasteiger partial charge is 0.267 e. The van der Waals surface area contributed by atoms with Crippen molar-refractivity contribution >= 4 is 33.6 Å². The molecule has 2 aromatic rings. The number of nitrogens with zero attached hydrogens (tertiary/aromatic N) is 2. The Morgan fingerprint density at radius 2 is 1.85 bits per heavy atom. The largest absolute Gasteiger partial charge is 0.326 e. The van der Waals surface area contributed by atoms with Gasteiger partial charge in [-0.2, -0.15) is 0 Å². The highest BCUT2D eigenvalue weighted by molar-refractivity contribution is 9.10. The molecule has 5 nitrogen and oxygen atoms in total. The van der Waals surface area contributed by atoms with E-state index in [0.717, 1.165) is 14.9 Å². The molecule has 0 unspecified atom stereocenters. The first-order valence-corrected chi connectivity index (χ1v) is 6.74. The second-order valence-electron chi connectivity index (χ2n) is 4.36. The fourth-order valence-corrected chi connectivity index (χ4v) is 2.45. The summed E-state index contributed by atoms with van der Waals surface area (Å²) in [6, 6.07) is 8.39. The summed E-state index contributed by atoms with van der Waals surface area (Å²) in [5.74, 6) is -0.408. The average Bonchev–Trinajstić information content (AvgIpc) is 2.71. The van der Waals surface area contributed by atoms with Gasteiger partial charge in [0.2, 0.25) is 0 Å². The van der Waals surface area contributed by atoms with Crippen LogP contribution >= 0.6 is 15.9 Å². The molecule has 1 aliphatic rings. The summed E-state index contributed by atoms with van der Waals surface area (Å²) in [7, 11) is 0. The Hall–Kier alpha value is -2.05. The predicted molar refractivity (Wildman–Crippen MR) is 77.4 cm³/mol. The lowest BCUT2D eigenvalue weighted by molar-refractivity contribution is 0.0925. The van der Waals surface area contributed by atoms with Crippen molar-refractivity contribution in [1.29, 1.82) is 0 Å². The number of carbonyl (C=O) groups excluding carboxylic acids is 2. The van der Waals surface area contributed by atoms with Gasteiger partial charge in [0, 0.05) is 17.2 Å². The normalized spacial score (nSPS) is 13.8. The first-order valence-electron chi connectivity index (χ1n) is 5.95. The molecular formula is C14H10BrN3O2. The van der Waals surface area contributed by atoms with Gasteiger partial charge in [-0.3, -0.25) is 9.59 Å². The molecule has 0 radical (unpaired) electrons. The molecule has 0 bridgehead atoms. The third-order valence-electron chi connectivity index (χ3n) is 3.12. The van der Waals surface area contributed by atoms with E-state index in [2.05, 4.69) is 20.9 Å². The van der Waals surface area contributed by atoms with Crippen LogP contribution < -0.4 is 10.6 Å². The summed E-state index contributed by atoms with van der Waals surface area (Å²) in [5, 5.41) is 0. The fraction of sp³-hybridized carbons (Fsp3) is 0.0714. The van der Waals surface area contributed by atoms with Crippen molar-refractivity contribution in [3.8, 4) is 0 Å². The number of amides is 2. The summed E-state index contributed by atoms with van der Waals surface area (Å²) < 4.78 is 0.755. The van der Waals surface area contributed by atoms with Crippen molar-refractivity contribution in [3.05, 3.63) is 57.7 Å². The van der Waals surface area contributed by atoms with Crippen molar-refractivity contribution < 1.29 is 9.59 Å². The minimum absolute atomic E-state index is 0.310. The monoisotopic (exact) mass is 331 g/mol. The van der Waals surface area contributed by atoms with Crippen LogP contribution in [-0.4, -0.2) is 16.8 Å². The zero-order valence-electron chi connectivity index (χ0n) is 10.3. The van der Waals surface area contributed by atoms with Gasteiger partial charge in [0.25, 0.3) is 11.8 Å². The van der Waals surface area contributed by atoms with Gasteiger partial charge in [0.05, 0.1) is 11.1 Å². The maximum Gasteiger partial charge on any atom is 0.267 e. The number of carbonyl (C=O) groups is 2. The van der Waals surface area contributed by atoms with Crippen molar-refractivity contribution in [3.63, 3.8) is 0 Å². The van der Waals surface area contributed by atoms with Gasteiger partial charge in [-0.25, -0.2) is 9.88 Å². The molecule has 0 spiro atoms. The standard InChI is InChI=1S/C14H10BrN3O2/c15-9-2-3-10-11(5-9)14(20)18(13(10)19)12-4-1-8(6-16)7-17-12/h1-5,7H,6,16H2. The Morgan fingerprint density at radius 3 is 2.50 bits per heavy atom. The number of benzene rings is 1. The molecule has 0 aliphatic carbocycles. The number of imide groups is 1. The van der Waals surface area contributed by atoms with E-state index in [9.17, 15) is 9.59 Å². The Balaban J connectivity index is 2.04.